The SMILES string of the molecule is CC1=CC(C)(C)N2C(=O)[C@@]3([NH+]=C(N)NC(Nc4ccccc4)=[NH+]3)c3cc(C)cc1c32. The van der Waals surface area contributed by atoms with Crippen molar-refractivity contribution < 1.29 is 14.8 Å². The van der Waals surface area contributed by atoms with Crippen molar-refractivity contribution in [2.75, 3.05) is 10.2 Å². The molecule has 30 heavy (non-hydrogen) atoms. The molecule has 1 amide bonds. The topological polar surface area (TPSA) is 98.3 Å². The molecule has 152 valence electrons. The maximum Gasteiger partial charge on any atom is 0.361 e. The Bertz CT molecular complexity index is 1180. The number of para-hydroxylation sites is 1. The van der Waals surface area contributed by atoms with E-state index in [9.17, 15) is 4.79 Å². The largest absolute Gasteiger partial charge is 0.361 e. The Morgan fingerprint density at radius 3 is 2.57 bits per heavy atom. The van der Waals surface area contributed by atoms with Gasteiger partial charge in [-0.3, -0.25) is 15.4 Å². The number of nitrogens with one attached hydrogen (secondary N) is 4. The second-order valence-electron chi connectivity index (χ2n) is 8.73. The lowest BCUT2D eigenvalue weighted by atomic mass is 9.88. The van der Waals surface area contributed by atoms with Crippen LogP contribution in [0.15, 0.2) is 48.5 Å². The molecule has 3 aliphatic heterocycles. The van der Waals surface area contributed by atoms with Gasteiger partial charge in [-0.1, -0.05) is 24.3 Å². The van der Waals surface area contributed by atoms with E-state index in [1.807, 2.05) is 42.2 Å². The van der Waals surface area contributed by atoms with Crippen LogP contribution in [0.4, 0.5) is 11.4 Å². The van der Waals surface area contributed by atoms with Gasteiger partial charge in [-0.05, 0) is 63.1 Å². The molecule has 7 nitrogen and oxygen atoms in total. The number of carbonyl (C=O) groups excluding carboxylic acids is 1. The Morgan fingerprint density at radius 1 is 1.10 bits per heavy atom. The summed E-state index contributed by atoms with van der Waals surface area (Å²) in [7, 11) is 0. The van der Waals surface area contributed by atoms with Crippen molar-refractivity contribution in [2.45, 2.75) is 38.9 Å². The van der Waals surface area contributed by atoms with Crippen molar-refractivity contribution in [2.24, 2.45) is 5.73 Å². The fraction of sp³-hybridized carbons (Fsp3) is 0.261. The molecule has 2 aromatic carbocycles. The van der Waals surface area contributed by atoms with E-state index in [-0.39, 0.29) is 5.91 Å². The number of allylic oxidation sites excluding steroid dienone is 1. The van der Waals surface area contributed by atoms with Crippen molar-refractivity contribution in [3.63, 3.8) is 0 Å². The third kappa shape index (κ3) is 2.48. The van der Waals surface area contributed by atoms with Crippen molar-refractivity contribution in [3.05, 3.63) is 65.2 Å². The first-order chi connectivity index (χ1) is 14.2. The van der Waals surface area contributed by atoms with Crippen LogP contribution in [0.25, 0.3) is 5.57 Å². The van der Waals surface area contributed by atoms with E-state index >= 15 is 0 Å². The molecule has 0 saturated carbocycles. The predicted molar refractivity (Wildman–Crippen MR) is 117 cm³/mol. The predicted octanol–water partition coefficient (Wildman–Crippen LogP) is -0.763. The first kappa shape index (κ1) is 18.4. The highest BCUT2D eigenvalue weighted by atomic mass is 16.2. The molecule has 5 rings (SSSR count). The lowest BCUT2D eigenvalue weighted by molar-refractivity contribution is -0.789. The molecule has 0 aromatic heterocycles. The summed E-state index contributed by atoms with van der Waals surface area (Å²) in [6, 6.07) is 13.9. The van der Waals surface area contributed by atoms with Crippen molar-refractivity contribution in [1.82, 2.24) is 5.32 Å². The van der Waals surface area contributed by atoms with Crippen LogP contribution in [0.2, 0.25) is 0 Å². The van der Waals surface area contributed by atoms with Gasteiger partial charge in [0.25, 0.3) is 0 Å². The van der Waals surface area contributed by atoms with Crippen LogP contribution >= 0.6 is 0 Å². The number of fused-ring (bicyclic) bond motifs is 1. The highest BCUT2D eigenvalue weighted by molar-refractivity contribution is 6.12. The highest BCUT2D eigenvalue weighted by Gasteiger charge is 2.60. The third-order valence-electron chi connectivity index (χ3n) is 5.91. The maximum absolute atomic E-state index is 14.0. The molecule has 1 atom stereocenters. The smallest absolute Gasteiger partial charge is 0.295 e. The molecular weight excluding hydrogens is 376 g/mol. The molecule has 3 heterocycles. The number of benzene rings is 2. The second kappa shape index (κ2) is 5.95. The van der Waals surface area contributed by atoms with E-state index in [2.05, 4.69) is 59.6 Å². The van der Waals surface area contributed by atoms with Crippen LogP contribution in [-0.4, -0.2) is 23.4 Å². The van der Waals surface area contributed by atoms with Crippen molar-refractivity contribution >= 4 is 34.8 Å². The van der Waals surface area contributed by atoms with Gasteiger partial charge < -0.3 is 0 Å². The summed E-state index contributed by atoms with van der Waals surface area (Å²) in [5.74, 6) is 0.761. The average Bonchev–Trinajstić information content (AvgIpc) is 2.89. The molecule has 0 radical (unpaired) electrons. The van der Waals surface area contributed by atoms with E-state index in [0.29, 0.717) is 11.9 Å². The third-order valence-corrected chi connectivity index (χ3v) is 5.91. The minimum Gasteiger partial charge on any atom is -0.295 e. The van der Waals surface area contributed by atoms with Gasteiger partial charge in [0.1, 0.15) is 0 Å². The number of aryl methyl sites for hydroxylation is 1. The number of carbonyl (C=O) groups is 1. The Hall–Kier alpha value is -3.61. The monoisotopic (exact) mass is 402 g/mol. The standard InChI is InChI=1S/C23H24N6O/c1-13-10-16-14(2)12-22(3,4)29-18(16)17(11-13)23(19(29)30)27-20(24)26-21(28-23)25-15-8-6-5-7-9-15/h5-12H,1-4H3,(H4,24,25,26,27,28)/p+2/t23-/m1/s1. The Kier molecular flexibility index (Phi) is 3.65. The van der Waals surface area contributed by atoms with Gasteiger partial charge in [0, 0.05) is 5.56 Å². The van der Waals surface area contributed by atoms with Crippen molar-refractivity contribution in [1.29, 1.82) is 0 Å². The van der Waals surface area contributed by atoms with Gasteiger partial charge in [-0.25, -0.2) is 15.3 Å². The fourth-order valence-electron chi connectivity index (χ4n) is 4.80. The summed E-state index contributed by atoms with van der Waals surface area (Å²) in [5.41, 5.74) is 10.6. The van der Waals surface area contributed by atoms with E-state index in [4.69, 9.17) is 5.73 Å². The summed E-state index contributed by atoms with van der Waals surface area (Å²) in [4.78, 5) is 22.4. The zero-order valence-electron chi connectivity index (χ0n) is 17.6. The van der Waals surface area contributed by atoms with Gasteiger partial charge in [-0.2, -0.15) is 5.32 Å². The molecule has 7 heteroatoms. The number of hydrogen-bond donors (Lipinski definition) is 5. The van der Waals surface area contributed by atoms with E-state index < -0.39 is 11.2 Å². The minimum atomic E-state index is -1.20. The number of rotatable bonds is 1. The Labute approximate surface area is 175 Å². The Balaban J connectivity index is 1.73. The number of nitrogens with zero attached hydrogens (tertiary/aromatic N) is 1. The molecule has 2 aromatic rings. The van der Waals surface area contributed by atoms with Gasteiger partial charge >= 0.3 is 23.5 Å². The van der Waals surface area contributed by atoms with Crippen LogP contribution in [0, 0.1) is 6.92 Å². The van der Waals surface area contributed by atoms with Crippen LogP contribution in [0.5, 0.6) is 0 Å². The van der Waals surface area contributed by atoms with Crippen LogP contribution < -0.4 is 31.3 Å². The molecule has 1 spiro atoms. The summed E-state index contributed by atoms with van der Waals surface area (Å²) >= 11 is 0. The minimum absolute atomic E-state index is 0.0880. The quantitative estimate of drug-likeness (QED) is 0.433. The van der Waals surface area contributed by atoms with Crippen molar-refractivity contribution in [3.8, 4) is 0 Å². The van der Waals surface area contributed by atoms with Crippen LogP contribution in [0.3, 0.4) is 0 Å². The van der Waals surface area contributed by atoms with Crippen LogP contribution in [-0.2, 0) is 10.5 Å². The molecule has 0 fully saturated rings. The molecule has 0 saturated heterocycles. The van der Waals surface area contributed by atoms with Gasteiger partial charge in [0.05, 0.1) is 22.5 Å². The number of guanidine groups is 2. The number of hydrogen-bond acceptors (Lipinski definition) is 4. The fourth-order valence-corrected chi connectivity index (χ4v) is 4.80. The van der Waals surface area contributed by atoms with E-state index in [0.717, 1.165) is 28.1 Å². The molecule has 0 aliphatic carbocycles. The summed E-state index contributed by atoms with van der Waals surface area (Å²) in [6.45, 7) is 8.26. The highest BCUT2D eigenvalue weighted by Crippen LogP contribution is 2.48. The lowest BCUT2D eigenvalue weighted by Gasteiger charge is -2.38. The lowest BCUT2D eigenvalue weighted by Crippen LogP contribution is -3.14. The van der Waals surface area contributed by atoms with Gasteiger partial charge in [0.2, 0.25) is 0 Å². The molecule has 0 unspecified atom stereocenters. The zero-order valence-corrected chi connectivity index (χ0v) is 17.6. The van der Waals surface area contributed by atoms with Gasteiger partial charge in [0.15, 0.2) is 0 Å². The summed E-state index contributed by atoms with van der Waals surface area (Å²) in [6.07, 6.45) is 2.15. The Morgan fingerprint density at radius 2 is 1.83 bits per heavy atom. The first-order valence-corrected chi connectivity index (χ1v) is 10.1. The number of amides is 1. The van der Waals surface area contributed by atoms with Gasteiger partial charge in [-0.15, -0.1) is 0 Å². The van der Waals surface area contributed by atoms with E-state index in [1.165, 1.54) is 5.57 Å². The maximum atomic E-state index is 14.0. The normalized spacial score (nSPS) is 23.4. The molecule has 0 bridgehead atoms. The number of nitrogens with two attached hydrogens (primary N) is 1. The second-order valence-corrected chi connectivity index (χ2v) is 8.73. The summed E-state index contributed by atoms with van der Waals surface area (Å²) < 4.78 is 0. The van der Waals surface area contributed by atoms with Crippen LogP contribution in [0.1, 0.15) is 37.5 Å². The molecule has 3 aliphatic rings. The van der Waals surface area contributed by atoms with E-state index in [1.54, 1.807) is 0 Å². The summed E-state index contributed by atoms with van der Waals surface area (Å²) in [5, 5.41) is 6.36. The number of anilines is 2. The average molecular weight is 403 g/mol. The molecule has 6 N–H and O–H groups in total. The first-order valence-electron chi connectivity index (χ1n) is 10.1. The zero-order chi connectivity index (χ0) is 21.3. The molecular formula is C23H26N6O+2.